The van der Waals surface area contributed by atoms with Gasteiger partial charge in [-0.3, -0.25) is 9.69 Å². The number of amides is 1. The van der Waals surface area contributed by atoms with E-state index in [1.165, 1.54) is 38.5 Å². The molecule has 0 aromatic carbocycles. The van der Waals surface area contributed by atoms with Gasteiger partial charge in [0.15, 0.2) is 0 Å². The summed E-state index contributed by atoms with van der Waals surface area (Å²) in [5, 5.41) is 3.39. The second kappa shape index (κ2) is 6.87. The number of aromatic nitrogens is 2. The van der Waals surface area contributed by atoms with Crippen LogP contribution in [0.25, 0.3) is 0 Å². The molecule has 3 aliphatic rings. The van der Waals surface area contributed by atoms with Gasteiger partial charge in [0.25, 0.3) is 0 Å². The first-order valence-electron chi connectivity index (χ1n) is 9.77. The Bertz CT molecular complexity index is 584. The van der Waals surface area contributed by atoms with Crippen LogP contribution < -0.4 is 5.32 Å². The predicted molar refractivity (Wildman–Crippen MR) is 93.6 cm³/mol. The topological polar surface area (TPSA) is 50.2 Å². The molecule has 0 radical (unpaired) electrons. The van der Waals surface area contributed by atoms with Gasteiger partial charge < -0.3 is 9.88 Å². The summed E-state index contributed by atoms with van der Waals surface area (Å²) in [6.45, 7) is 2.02. The van der Waals surface area contributed by atoms with Crippen molar-refractivity contribution in [2.45, 2.75) is 69.9 Å². The predicted octanol–water partition coefficient (Wildman–Crippen LogP) is 2.57. The molecule has 5 heteroatoms. The molecule has 4 rings (SSSR count). The molecule has 0 saturated heterocycles. The van der Waals surface area contributed by atoms with Crippen LogP contribution in [-0.2, 0) is 18.3 Å². The Morgan fingerprint density at radius 3 is 2.67 bits per heavy atom. The molecule has 2 aliphatic carbocycles. The summed E-state index contributed by atoms with van der Waals surface area (Å²) >= 11 is 0. The molecule has 2 fully saturated rings. The Morgan fingerprint density at radius 1 is 1.21 bits per heavy atom. The second-order valence-corrected chi connectivity index (χ2v) is 7.98. The van der Waals surface area contributed by atoms with Crippen LogP contribution in [0.4, 0.5) is 0 Å². The second-order valence-electron chi connectivity index (χ2n) is 7.98. The smallest absolute Gasteiger partial charge is 0.243 e. The van der Waals surface area contributed by atoms with Crippen LogP contribution in [0.2, 0.25) is 0 Å². The molecule has 1 aromatic heterocycles. The number of fused-ring (bicyclic) bond motifs is 1. The Morgan fingerprint density at radius 2 is 1.96 bits per heavy atom. The summed E-state index contributed by atoms with van der Waals surface area (Å²) in [5.74, 6) is 1.00. The van der Waals surface area contributed by atoms with Crippen LogP contribution in [0, 0.1) is 5.92 Å². The van der Waals surface area contributed by atoms with Gasteiger partial charge in [-0.1, -0.05) is 25.7 Å². The lowest BCUT2D eigenvalue weighted by molar-refractivity contribution is -0.128. The molecule has 2 heterocycles. The van der Waals surface area contributed by atoms with Gasteiger partial charge in [0.05, 0.1) is 17.7 Å². The van der Waals surface area contributed by atoms with E-state index < -0.39 is 0 Å². The van der Waals surface area contributed by atoms with Crippen LogP contribution >= 0.6 is 0 Å². The van der Waals surface area contributed by atoms with Crippen molar-refractivity contribution in [1.29, 1.82) is 0 Å². The molecule has 1 N–H and O–H groups in total. The molecule has 2 saturated carbocycles. The number of nitrogens with one attached hydrogen (secondary N) is 1. The zero-order valence-electron chi connectivity index (χ0n) is 14.8. The third-order valence-electron chi connectivity index (χ3n) is 5.96. The lowest BCUT2D eigenvalue weighted by atomic mass is 10.00. The molecule has 1 unspecified atom stereocenters. The first-order valence-corrected chi connectivity index (χ1v) is 9.77. The fourth-order valence-electron chi connectivity index (χ4n) is 4.41. The van der Waals surface area contributed by atoms with E-state index in [0.717, 1.165) is 49.7 Å². The highest BCUT2D eigenvalue weighted by atomic mass is 16.2. The van der Waals surface area contributed by atoms with Crippen LogP contribution in [0.15, 0.2) is 6.33 Å². The van der Waals surface area contributed by atoms with Crippen LogP contribution in [0.5, 0.6) is 0 Å². The summed E-state index contributed by atoms with van der Waals surface area (Å²) in [5.41, 5.74) is 2.23. The van der Waals surface area contributed by atoms with E-state index in [1.54, 1.807) is 0 Å². The number of aryl methyl sites for hydroxylation is 1. The highest BCUT2D eigenvalue weighted by Gasteiger charge is 2.39. The van der Waals surface area contributed by atoms with E-state index >= 15 is 0 Å². The fraction of sp³-hybridized carbons (Fsp3) is 0.789. The minimum Gasteiger partial charge on any atom is -0.352 e. The molecular formula is C19H30N4O. The average Bonchev–Trinajstić information content (AvgIpc) is 3.35. The average molecular weight is 330 g/mol. The highest BCUT2D eigenvalue weighted by Crippen LogP contribution is 2.36. The van der Waals surface area contributed by atoms with Gasteiger partial charge in [0, 0.05) is 32.6 Å². The van der Waals surface area contributed by atoms with Gasteiger partial charge in [0.2, 0.25) is 5.91 Å². The molecule has 1 aromatic rings. The monoisotopic (exact) mass is 330 g/mol. The molecule has 0 spiro atoms. The maximum atomic E-state index is 13.2. The molecule has 1 aliphatic heterocycles. The first-order chi connectivity index (χ1) is 11.7. The van der Waals surface area contributed by atoms with Gasteiger partial charge in [0.1, 0.15) is 6.04 Å². The van der Waals surface area contributed by atoms with Crippen molar-refractivity contribution in [3.63, 3.8) is 0 Å². The van der Waals surface area contributed by atoms with Crippen molar-refractivity contribution >= 4 is 5.91 Å². The quantitative estimate of drug-likeness (QED) is 0.863. The summed E-state index contributed by atoms with van der Waals surface area (Å²) in [4.78, 5) is 20.2. The van der Waals surface area contributed by atoms with Gasteiger partial charge in [-0.25, -0.2) is 4.98 Å². The van der Waals surface area contributed by atoms with E-state index in [0.29, 0.717) is 6.04 Å². The zero-order valence-corrected chi connectivity index (χ0v) is 14.8. The SMILES string of the molecule is Cn1cnc2c1C(C(=O)NC1CCCCCC1)N(CC1CC1)CC2. The Balaban J connectivity index is 1.53. The summed E-state index contributed by atoms with van der Waals surface area (Å²) in [7, 11) is 2.03. The van der Waals surface area contributed by atoms with Crippen molar-refractivity contribution < 1.29 is 4.79 Å². The summed E-state index contributed by atoms with van der Waals surface area (Å²) in [6, 6.07) is 0.214. The van der Waals surface area contributed by atoms with Gasteiger partial charge in [-0.2, -0.15) is 0 Å². The van der Waals surface area contributed by atoms with Crippen molar-refractivity contribution in [2.75, 3.05) is 13.1 Å². The van der Waals surface area contributed by atoms with Crippen molar-refractivity contribution in [3.05, 3.63) is 17.7 Å². The van der Waals surface area contributed by atoms with Gasteiger partial charge >= 0.3 is 0 Å². The third kappa shape index (κ3) is 3.37. The number of hydrogen-bond donors (Lipinski definition) is 1. The summed E-state index contributed by atoms with van der Waals surface area (Å²) in [6.07, 6.45) is 12.9. The summed E-state index contributed by atoms with van der Waals surface area (Å²) < 4.78 is 2.06. The van der Waals surface area contributed by atoms with Crippen LogP contribution in [-0.4, -0.2) is 39.5 Å². The molecule has 1 atom stereocenters. The van der Waals surface area contributed by atoms with Crippen molar-refractivity contribution in [3.8, 4) is 0 Å². The lowest BCUT2D eigenvalue weighted by Crippen LogP contribution is -2.48. The number of carbonyl (C=O) groups is 1. The normalized spacial score (nSPS) is 26.0. The Labute approximate surface area is 144 Å². The number of carbonyl (C=O) groups excluding carboxylic acids is 1. The standard InChI is InChI=1S/C19H30N4O/c1-22-13-20-16-10-11-23(12-14-8-9-14)18(17(16)22)19(24)21-15-6-4-2-3-5-7-15/h13-15,18H,2-12H2,1H3,(H,21,24). The molecule has 0 bridgehead atoms. The fourth-order valence-corrected chi connectivity index (χ4v) is 4.41. The Kier molecular flexibility index (Phi) is 4.61. The highest BCUT2D eigenvalue weighted by molar-refractivity contribution is 5.83. The maximum Gasteiger partial charge on any atom is 0.243 e. The number of hydrogen-bond acceptors (Lipinski definition) is 3. The molecule has 1 amide bonds. The largest absolute Gasteiger partial charge is 0.352 e. The first kappa shape index (κ1) is 16.1. The molecule has 5 nitrogen and oxygen atoms in total. The minimum atomic E-state index is -0.148. The zero-order chi connectivity index (χ0) is 16.5. The molecular weight excluding hydrogens is 300 g/mol. The third-order valence-corrected chi connectivity index (χ3v) is 5.96. The molecule has 132 valence electrons. The van der Waals surface area contributed by atoms with E-state index in [2.05, 4.69) is 19.8 Å². The van der Waals surface area contributed by atoms with E-state index in [1.807, 2.05) is 13.4 Å². The number of imidazole rings is 1. The van der Waals surface area contributed by atoms with Crippen molar-refractivity contribution in [2.24, 2.45) is 13.0 Å². The number of nitrogens with zero attached hydrogens (tertiary/aromatic N) is 3. The molecule has 24 heavy (non-hydrogen) atoms. The van der Waals surface area contributed by atoms with Gasteiger partial charge in [-0.05, 0) is 31.6 Å². The van der Waals surface area contributed by atoms with Gasteiger partial charge in [-0.15, -0.1) is 0 Å². The van der Waals surface area contributed by atoms with E-state index in [9.17, 15) is 4.79 Å². The maximum absolute atomic E-state index is 13.2. The van der Waals surface area contributed by atoms with Crippen LogP contribution in [0.1, 0.15) is 68.8 Å². The van der Waals surface area contributed by atoms with E-state index in [4.69, 9.17) is 0 Å². The van der Waals surface area contributed by atoms with Crippen LogP contribution in [0.3, 0.4) is 0 Å². The Hall–Kier alpha value is -1.36. The van der Waals surface area contributed by atoms with E-state index in [-0.39, 0.29) is 11.9 Å². The lowest BCUT2D eigenvalue weighted by Gasteiger charge is -2.36. The number of rotatable bonds is 4. The minimum absolute atomic E-state index is 0.148. The van der Waals surface area contributed by atoms with Crippen molar-refractivity contribution in [1.82, 2.24) is 19.8 Å².